The highest BCUT2D eigenvalue weighted by Gasteiger charge is 2.52. The number of benzene rings is 2. The highest BCUT2D eigenvalue weighted by molar-refractivity contribution is 6.08. The van der Waals surface area contributed by atoms with Crippen molar-refractivity contribution in [1.82, 2.24) is 15.8 Å². The van der Waals surface area contributed by atoms with Gasteiger partial charge < -0.3 is 15.1 Å². The number of nitrogens with one attached hydrogen (secondary N) is 3. The highest BCUT2D eigenvalue weighted by atomic mass is 16.2. The Labute approximate surface area is 182 Å². The molecule has 31 heavy (non-hydrogen) atoms. The molecule has 0 aliphatic carbocycles. The van der Waals surface area contributed by atoms with Gasteiger partial charge in [0, 0.05) is 25.3 Å². The molecule has 0 saturated carbocycles. The number of amides is 4. The molecule has 1 fully saturated rings. The monoisotopic (exact) mass is 424 g/mol. The van der Waals surface area contributed by atoms with E-state index in [9.17, 15) is 14.4 Å². The number of hydrazine groups is 1. The van der Waals surface area contributed by atoms with Crippen molar-refractivity contribution in [1.29, 1.82) is 0 Å². The van der Waals surface area contributed by atoms with Crippen LogP contribution in [0.2, 0.25) is 0 Å². The number of hydrogen-bond donors (Lipinski definition) is 3. The second kappa shape index (κ2) is 9.18. The van der Waals surface area contributed by atoms with E-state index in [0.717, 1.165) is 21.2 Å². The molecule has 1 heterocycles. The third kappa shape index (κ3) is 4.69. The number of nitrogens with zero attached hydrogens (tertiary/aromatic N) is 2. The second-order valence-electron chi connectivity index (χ2n) is 8.10. The number of rotatable bonds is 8. The van der Waals surface area contributed by atoms with Gasteiger partial charge in [0.2, 0.25) is 0 Å². The molecular weight excluding hydrogens is 394 g/mol. The first kappa shape index (κ1) is 22.3. The third-order valence-electron chi connectivity index (χ3n) is 5.55. The van der Waals surface area contributed by atoms with Crippen LogP contribution in [0.25, 0.3) is 0 Å². The van der Waals surface area contributed by atoms with Crippen molar-refractivity contribution in [2.24, 2.45) is 0 Å². The standard InChI is InChI=1S/C23H29N5O3/c1-5-23(18-9-7-6-8-10-18)21(30)28(22(31)24-23)25-20(29)16-27(4)15-17-11-13-19(14-12-17)26(2)3/h6-14H,5,15-16H2,1-4H3,(H,24,31)(H,25,29)/p+1/t23-/m1/s1. The van der Waals surface area contributed by atoms with Gasteiger partial charge in [0.25, 0.3) is 11.8 Å². The van der Waals surface area contributed by atoms with Crippen molar-refractivity contribution in [2.45, 2.75) is 25.4 Å². The van der Waals surface area contributed by atoms with Crippen molar-refractivity contribution in [3.63, 3.8) is 0 Å². The van der Waals surface area contributed by atoms with E-state index in [0.29, 0.717) is 18.5 Å². The fourth-order valence-electron chi connectivity index (χ4n) is 3.80. The highest BCUT2D eigenvalue weighted by Crippen LogP contribution is 2.31. The van der Waals surface area contributed by atoms with Crippen LogP contribution in [0.4, 0.5) is 10.5 Å². The van der Waals surface area contributed by atoms with E-state index in [1.165, 1.54) is 0 Å². The minimum atomic E-state index is -1.17. The van der Waals surface area contributed by atoms with Crippen molar-refractivity contribution in [2.75, 3.05) is 32.6 Å². The Bertz CT molecular complexity index is 945. The second-order valence-corrected chi connectivity index (χ2v) is 8.10. The lowest BCUT2D eigenvalue weighted by molar-refractivity contribution is -0.885. The molecule has 4 amide bonds. The molecule has 2 aromatic rings. The smallest absolute Gasteiger partial charge is 0.344 e. The largest absolute Gasteiger partial charge is 0.378 e. The Kier molecular flexibility index (Phi) is 6.60. The number of imide groups is 1. The average Bonchev–Trinajstić information content (AvgIpc) is 2.99. The fourth-order valence-corrected chi connectivity index (χ4v) is 3.80. The van der Waals surface area contributed by atoms with Crippen LogP contribution in [0.1, 0.15) is 24.5 Å². The summed E-state index contributed by atoms with van der Waals surface area (Å²) in [5.41, 5.74) is 4.21. The summed E-state index contributed by atoms with van der Waals surface area (Å²) in [4.78, 5) is 41.1. The number of carbonyl (C=O) groups is 3. The first-order valence-electron chi connectivity index (χ1n) is 10.4. The van der Waals surface area contributed by atoms with Gasteiger partial charge >= 0.3 is 6.03 Å². The van der Waals surface area contributed by atoms with E-state index in [-0.39, 0.29) is 6.54 Å². The Morgan fingerprint density at radius 3 is 2.32 bits per heavy atom. The molecule has 2 aromatic carbocycles. The van der Waals surface area contributed by atoms with E-state index in [4.69, 9.17) is 0 Å². The first-order chi connectivity index (χ1) is 14.8. The molecule has 1 aliphatic heterocycles. The normalized spacial score (nSPS) is 19.2. The number of hydrogen-bond acceptors (Lipinski definition) is 4. The van der Waals surface area contributed by atoms with Gasteiger partial charge in [-0.15, -0.1) is 0 Å². The predicted molar refractivity (Wildman–Crippen MR) is 118 cm³/mol. The van der Waals surface area contributed by atoms with E-state index < -0.39 is 23.4 Å². The summed E-state index contributed by atoms with van der Waals surface area (Å²) in [5, 5.41) is 3.56. The Morgan fingerprint density at radius 2 is 1.74 bits per heavy atom. The van der Waals surface area contributed by atoms with Gasteiger partial charge in [-0.25, -0.2) is 4.79 Å². The maximum absolute atomic E-state index is 13.1. The number of urea groups is 1. The zero-order chi connectivity index (χ0) is 22.6. The van der Waals surface area contributed by atoms with E-state index in [1.54, 1.807) is 12.1 Å². The van der Waals surface area contributed by atoms with Gasteiger partial charge in [0.05, 0.1) is 7.05 Å². The lowest BCUT2D eigenvalue weighted by atomic mass is 9.87. The molecule has 0 radical (unpaired) electrons. The summed E-state index contributed by atoms with van der Waals surface area (Å²) < 4.78 is 0. The number of quaternary nitrogens is 1. The molecule has 8 heteroatoms. The number of anilines is 1. The summed E-state index contributed by atoms with van der Waals surface area (Å²) in [6, 6.07) is 16.6. The van der Waals surface area contributed by atoms with Crippen molar-refractivity contribution >= 4 is 23.5 Å². The Hall–Kier alpha value is -3.39. The zero-order valence-corrected chi connectivity index (χ0v) is 18.4. The third-order valence-corrected chi connectivity index (χ3v) is 5.55. The van der Waals surface area contributed by atoms with E-state index in [2.05, 4.69) is 10.7 Å². The molecule has 0 spiro atoms. The van der Waals surface area contributed by atoms with Crippen LogP contribution in [0.3, 0.4) is 0 Å². The lowest BCUT2D eigenvalue weighted by Gasteiger charge is -2.25. The van der Waals surface area contributed by atoms with Crippen molar-refractivity contribution in [3.05, 3.63) is 65.7 Å². The quantitative estimate of drug-likeness (QED) is 0.544. The topological polar surface area (TPSA) is 86.2 Å². The molecule has 1 saturated heterocycles. The predicted octanol–water partition coefficient (Wildman–Crippen LogP) is 0.656. The van der Waals surface area contributed by atoms with Crippen LogP contribution in [-0.2, 0) is 21.7 Å². The van der Waals surface area contributed by atoms with Crippen LogP contribution in [0.15, 0.2) is 54.6 Å². The maximum Gasteiger partial charge on any atom is 0.344 e. The van der Waals surface area contributed by atoms with E-state index in [1.807, 2.05) is 75.4 Å². The van der Waals surface area contributed by atoms with Gasteiger partial charge in [-0.05, 0) is 24.1 Å². The molecule has 0 aromatic heterocycles. The molecule has 3 N–H and O–H groups in total. The summed E-state index contributed by atoms with van der Waals surface area (Å²) in [6.07, 6.45) is 0.377. The van der Waals surface area contributed by atoms with E-state index >= 15 is 0 Å². The van der Waals surface area contributed by atoms with Gasteiger partial charge in [-0.2, -0.15) is 5.01 Å². The Balaban J connectivity index is 1.62. The van der Waals surface area contributed by atoms with Crippen LogP contribution in [-0.4, -0.2) is 50.5 Å². The molecule has 164 valence electrons. The zero-order valence-electron chi connectivity index (χ0n) is 18.4. The van der Waals surface area contributed by atoms with Crippen LogP contribution in [0, 0.1) is 0 Å². The molecule has 1 unspecified atom stereocenters. The molecule has 1 aliphatic rings. The summed E-state index contributed by atoms with van der Waals surface area (Å²) in [7, 11) is 5.86. The summed E-state index contributed by atoms with van der Waals surface area (Å²) >= 11 is 0. The lowest BCUT2D eigenvalue weighted by Crippen LogP contribution is -3.09. The van der Waals surface area contributed by atoms with Crippen LogP contribution < -0.4 is 20.5 Å². The SMILES string of the molecule is CC[C@]1(c2ccccc2)NC(=O)N(NC(=O)C[NH+](C)Cc2ccc(N(C)C)cc2)C1=O. The van der Waals surface area contributed by atoms with Gasteiger partial charge in [0.15, 0.2) is 6.54 Å². The summed E-state index contributed by atoms with van der Waals surface area (Å²) in [6.45, 7) is 2.59. The van der Waals surface area contributed by atoms with Crippen LogP contribution in [0.5, 0.6) is 0 Å². The average molecular weight is 425 g/mol. The maximum atomic E-state index is 13.1. The molecule has 2 atom stereocenters. The van der Waals surface area contributed by atoms with Gasteiger partial charge in [-0.3, -0.25) is 15.0 Å². The van der Waals surface area contributed by atoms with Crippen LogP contribution >= 0.6 is 0 Å². The number of carbonyl (C=O) groups excluding carboxylic acids is 3. The molecule has 8 nitrogen and oxygen atoms in total. The van der Waals surface area contributed by atoms with Gasteiger partial charge in [0.1, 0.15) is 12.1 Å². The molecule has 3 rings (SSSR count). The van der Waals surface area contributed by atoms with Crippen molar-refractivity contribution < 1.29 is 19.3 Å². The first-order valence-corrected chi connectivity index (χ1v) is 10.4. The molecule has 0 bridgehead atoms. The number of likely N-dealkylation sites (N-methyl/N-ethyl adjacent to an activating group) is 1. The minimum absolute atomic E-state index is 0.122. The fraction of sp³-hybridized carbons (Fsp3) is 0.348. The minimum Gasteiger partial charge on any atom is -0.378 e. The Morgan fingerprint density at radius 1 is 1.10 bits per heavy atom. The van der Waals surface area contributed by atoms with Gasteiger partial charge in [-0.1, -0.05) is 49.4 Å². The van der Waals surface area contributed by atoms with Crippen molar-refractivity contribution in [3.8, 4) is 0 Å². The summed E-state index contributed by atoms with van der Waals surface area (Å²) in [5.74, 6) is -0.873. The molecular formula is C23H30N5O3+.